The van der Waals surface area contributed by atoms with Gasteiger partial charge in [0.15, 0.2) is 0 Å². The van der Waals surface area contributed by atoms with E-state index in [0.29, 0.717) is 13.0 Å². The fourth-order valence-corrected chi connectivity index (χ4v) is 2.50. The summed E-state index contributed by atoms with van der Waals surface area (Å²) in [6.45, 7) is 12.8. The van der Waals surface area contributed by atoms with Crippen molar-refractivity contribution in [1.29, 1.82) is 0 Å². The molecule has 0 spiro atoms. The summed E-state index contributed by atoms with van der Waals surface area (Å²) in [5, 5.41) is 0. The number of ether oxygens (including phenoxy) is 2. The molecular weight excluding hydrogens is 300 g/mol. The van der Waals surface area contributed by atoms with Crippen LogP contribution in [-0.2, 0) is 16.0 Å². The van der Waals surface area contributed by atoms with Crippen LogP contribution in [0.5, 0.6) is 5.75 Å². The summed E-state index contributed by atoms with van der Waals surface area (Å²) in [7, 11) is 0. The lowest BCUT2D eigenvalue weighted by molar-refractivity contribution is -0.119. The Morgan fingerprint density at radius 1 is 1.04 bits per heavy atom. The fraction of sp³-hybridized carbons (Fsp3) is 0.667. The maximum atomic E-state index is 11.2. The molecule has 0 heterocycles. The quantitative estimate of drug-likeness (QED) is 0.547. The standard InChI is InChI=1S/C21H34O3/c1-7-18-9-11-19(12-10-18)24-20(4,5)15-16-23-21(6,8-2)14-13-17(3)22/h9-12H,7-8,13-16H2,1-6H3. The van der Waals surface area contributed by atoms with Crippen LogP contribution in [0.25, 0.3) is 0 Å². The highest BCUT2D eigenvalue weighted by Crippen LogP contribution is 2.25. The van der Waals surface area contributed by atoms with Gasteiger partial charge in [0, 0.05) is 12.8 Å². The van der Waals surface area contributed by atoms with E-state index in [1.54, 1.807) is 6.92 Å². The minimum Gasteiger partial charge on any atom is -0.488 e. The van der Waals surface area contributed by atoms with Crippen LogP contribution in [0.4, 0.5) is 0 Å². The first-order valence-electron chi connectivity index (χ1n) is 9.11. The number of hydrogen-bond donors (Lipinski definition) is 0. The second kappa shape index (κ2) is 9.22. The predicted octanol–water partition coefficient (Wildman–Crippen LogP) is 5.35. The molecule has 0 fully saturated rings. The summed E-state index contributed by atoms with van der Waals surface area (Å²) < 4.78 is 12.2. The van der Waals surface area contributed by atoms with Crippen LogP contribution in [0.1, 0.15) is 72.8 Å². The van der Waals surface area contributed by atoms with Crippen molar-refractivity contribution in [2.75, 3.05) is 6.61 Å². The molecule has 1 unspecified atom stereocenters. The van der Waals surface area contributed by atoms with E-state index < -0.39 is 0 Å². The van der Waals surface area contributed by atoms with Crippen molar-refractivity contribution in [2.45, 2.75) is 84.8 Å². The SMILES string of the molecule is CCc1ccc(OC(C)(C)CCOC(C)(CC)CCC(C)=O)cc1. The van der Waals surface area contributed by atoms with Gasteiger partial charge in [0.2, 0.25) is 0 Å². The van der Waals surface area contributed by atoms with Gasteiger partial charge in [-0.3, -0.25) is 0 Å². The summed E-state index contributed by atoms with van der Waals surface area (Å²) >= 11 is 0. The van der Waals surface area contributed by atoms with Crippen molar-refractivity contribution in [2.24, 2.45) is 0 Å². The molecule has 0 saturated carbocycles. The number of carbonyl (C=O) groups excluding carboxylic acids is 1. The third-order valence-electron chi connectivity index (χ3n) is 4.63. The molecule has 1 aromatic rings. The van der Waals surface area contributed by atoms with Gasteiger partial charge in [0.25, 0.3) is 0 Å². The van der Waals surface area contributed by atoms with E-state index in [4.69, 9.17) is 9.47 Å². The van der Waals surface area contributed by atoms with Crippen molar-refractivity contribution in [1.82, 2.24) is 0 Å². The number of carbonyl (C=O) groups is 1. The third kappa shape index (κ3) is 7.48. The Morgan fingerprint density at radius 3 is 2.17 bits per heavy atom. The van der Waals surface area contributed by atoms with Crippen LogP contribution < -0.4 is 4.74 Å². The Labute approximate surface area is 147 Å². The van der Waals surface area contributed by atoms with E-state index in [9.17, 15) is 4.79 Å². The second-order valence-electron chi connectivity index (χ2n) is 7.46. The molecule has 0 N–H and O–H groups in total. The minimum absolute atomic E-state index is 0.220. The number of hydrogen-bond acceptors (Lipinski definition) is 3. The van der Waals surface area contributed by atoms with Crippen molar-refractivity contribution < 1.29 is 14.3 Å². The van der Waals surface area contributed by atoms with E-state index in [2.05, 4.69) is 46.8 Å². The van der Waals surface area contributed by atoms with Gasteiger partial charge >= 0.3 is 0 Å². The highest BCUT2D eigenvalue weighted by molar-refractivity contribution is 5.75. The maximum Gasteiger partial charge on any atom is 0.129 e. The maximum absolute atomic E-state index is 11.2. The fourth-order valence-electron chi connectivity index (χ4n) is 2.50. The molecule has 0 aliphatic carbocycles. The van der Waals surface area contributed by atoms with Crippen molar-refractivity contribution >= 4 is 5.78 Å². The van der Waals surface area contributed by atoms with Crippen molar-refractivity contribution in [3.05, 3.63) is 29.8 Å². The lowest BCUT2D eigenvalue weighted by Gasteiger charge is -2.32. The molecule has 0 amide bonds. The molecule has 0 aliphatic rings. The van der Waals surface area contributed by atoms with Crippen LogP contribution in [0.3, 0.4) is 0 Å². The predicted molar refractivity (Wildman–Crippen MR) is 99.7 cm³/mol. The minimum atomic E-state index is -0.289. The largest absolute Gasteiger partial charge is 0.488 e. The molecule has 1 atom stereocenters. The average molecular weight is 334 g/mol. The zero-order valence-electron chi connectivity index (χ0n) is 16.3. The second-order valence-corrected chi connectivity index (χ2v) is 7.46. The van der Waals surface area contributed by atoms with Gasteiger partial charge in [0.1, 0.15) is 17.1 Å². The van der Waals surface area contributed by atoms with Gasteiger partial charge < -0.3 is 14.3 Å². The monoisotopic (exact) mass is 334 g/mol. The first kappa shape index (κ1) is 20.7. The zero-order chi connectivity index (χ0) is 18.2. The molecule has 1 rings (SSSR count). The smallest absolute Gasteiger partial charge is 0.129 e. The van der Waals surface area contributed by atoms with Crippen LogP contribution in [-0.4, -0.2) is 23.6 Å². The number of benzene rings is 1. The van der Waals surface area contributed by atoms with Crippen LogP contribution in [0.2, 0.25) is 0 Å². The normalized spacial score (nSPS) is 14.2. The zero-order valence-corrected chi connectivity index (χ0v) is 16.3. The molecule has 3 nitrogen and oxygen atoms in total. The topological polar surface area (TPSA) is 35.5 Å². The van der Waals surface area contributed by atoms with Gasteiger partial charge in [-0.25, -0.2) is 0 Å². The van der Waals surface area contributed by atoms with E-state index in [-0.39, 0.29) is 17.0 Å². The Bertz CT molecular complexity index is 504. The highest BCUT2D eigenvalue weighted by atomic mass is 16.5. The number of rotatable bonds is 11. The van der Waals surface area contributed by atoms with Gasteiger partial charge in [-0.2, -0.15) is 0 Å². The van der Waals surface area contributed by atoms with Crippen LogP contribution >= 0.6 is 0 Å². The van der Waals surface area contributed by atoms with Gasteiger partial charge in [-0.1, -0.05) is 26.0 Å². The van der Waals surface area contributed by atoms with Crippen LogP contribution in [0, 0.1) is 0 Å². The third-order valence-corrected chi connectivity index (χ3v) is 4.63. The van der Waals surface area contributed by atoms with Gasteiger partial charge in [0.05, 0.1) is 12.2 Å². The molecule has 3 heteroatoms. The van der Waals surface area contributed by atoms with Crippen molar-refractivity contribution in [3.8, 4) is 5.75 Å². The molecule has 1 aromatic carbocycles. The van der Waals surface area contributed by atoms with E-state index >= 15 is 0 Å². The first-order chi connectivity index (χ1) is 11.2. The van der Waals surface area contributed by atoms with Gasteiger partial charge in [-0.15, -0.1) is 0 Å². The summed E-state index contributed by atoms with van der Waals surface area (Å²) in [5.74, 6) is 1.12. The summed E-state index contributed by atoms with van der Waals surface area (Å²) in [6, 6.07) is 8.28. The molecule has 24 heavy (non-hydrogen) atoms. The number of Topliss-reactive ketones (excluding diaryl/α,β-unsaturated/α-hetero) is 1. The van der Waals surface area contributed by atoms with E-state index in [1.165, 1.54) is 5.56 Å². The van der Waals surface area contributed by atoms with Crippen LogP contribution in [0.15, 0.2) is 24.3 Å². The molecular formula is C21H34O3. The van der Waals surface area contributed by atoms with Gasteiger partial charge in [-0.05, 0) is 64.7 Å². The van der Waals surface area contributed by atoms with E-state index in [1.807, 2.05) is 12.1 Å². The highest BCUT2D eigenvalue weighted by Gasteiger charge is 2.26. The Morgan fingerprint density at radius 2 is 1.67 bits per heavy atom. The average Bonchev–Trinajstić information content (AvgIpc) is 2.53. The molecule has 0 bridgehead atoms. The summed E-state index contributed by atoms with van der Waals surface area (Å²) in [5.41, 5.74) is 0.792. The first-order valence-corrected chi connectivity index (χ1v) is 9.11. The molecule has 0 saturated heterocycles. The number of ketones is 1. The summed E-state index contributed by atoms with van der Waals surface area (Å²) in [4.78, 5) is 11.2. The summed E-state index contributed by atoms with van der Waals surface area (Å²) in [6.07, 6.45) is 4.10. The lowest BCUT2D eigenvalue weighted by atomic mass is 9.95. The molecule has 136 valence electrons. The molecule has 0 radical (unpaired) electrons. The lowest BCUT2D eigenvalue weighted by Crippen LogP contribution is -2.34. The Kier molecular flexibility index (Phi) is 7.95. The number of aryl methyl sites for hydroxylation is 1. The van der Waals surface area contributed by atoms with Crippen molar-refractivity contribution in [3.63, 3.8) is 0 Å². The molecule has 0 aromatic heterocycles. The molecule has 0 aliphatic heterocycles. The Balaban J connectivity index is 2.49. The van der Waals surface area contributed by atoms with E-state index in [0.717, 1.165) is 31.4 Å². The Hall–Kier alpha value is -1.35.